The van der Waals surface area contributed by atoms with Crippen LogP contribution in [0.2, 0.25) is 0 Å². The Morgan fingerprint density at radius 2 is 1.71 bits per heavy atom. The Balaban J connectivity index is 2.13. The maximum absolute atomic E-state index is 12.4. The molecule has 0 aliphatic rings. The van der Waals surface area contributed by atoms with Gasteiger partial charge in [-0.1, -0.05) is 24.3 Å². The molecule has 2 aromatic carbocycles. The molecule has 5 heteroatoms. The molecule has 21 heavy (non-hydrogen) atoms. The van der Waals surface area contributed by atoms with E-state index in [1.54, 1.807) is 36.4 Å². The predicted octanol–water partition coefficient (Wildman–Crippen LogP) is 3.85. The topological polar surface area (TPSA) is 66.4 Å². The van der Waals surface area contributed by atoms with Crippen molar-refractivity contribution in [3.63, 3.8) is 0 Å². The van der Waals surface area contributed by atoms with Crippen LogP contribution in [0.3, 0.4) is 0 Å². The fourth-order valence-electron chi connectivity index (χ4n) is 2.24. The molecule has 0 unspecified atom stereocenters. The second-order valence-corrected chi connectivity index (χ2v) is 5.26. The summed E-state index contributed by atoms with van der Waals surface area (Å²) in [6, 6.07) is 11.9. The van der Waals surface area contributed by atoms with Crippen LogP contribution in [0.5, 0.6) is 0 Å². The maximum Gasteiger partial charge on any atom is 0.336 e. The van der Waals surface area contributed by atoms with Crippen LogP contribution in [0.4, 0.5) is 5.69 Å². The van der Waals surface area contributed by atoms with E-state index in [9.17, 15) is 14.7 Å². The van der Waals surface area contributed by atoms with Gasteiger partial charge in [-0.15, -0.1) is 0 Å². The van der Waals surface area contributed by atoms with Crippen LogP contribution in [0.25, 0.3) is 10.8 Å². The van der Waals surface area contributed by atoms with Crippen LogP contribution in [-0.2, 0) is 0 Å². The molecule has 4 nitrogen and oxygen atoms in total. The SMILES string of the molecule is O=C(O)c1cccc2cccc(C(=O)Nc3ccsc3)c12. The van der Waals surface area contributed by atoms with E-state index in [-0.39, 0.29) is 11.5 Å². The number of fused-ring (bicyclic) bond motifs is 1. The molecule has 1 heterocycles. The van der Waals surface area contributed by atoms with Gasteiger partial charge in [-0.05, 0) is 29.0 Å². The number of amides is 1. The van der Waals surface area contributed by atoms with Crippen LogP contribution in [0.1, 0.15) is 20.7 Å². The van der Waals surface area contributed by atoms with E-state index in [0.717, 1.165) is 5.39 Å². The second kappa shape index (κ2) is 5.38. The van der Waals surface area contributed by atoms with Crippen LogP contribution in [0.15, 0.2) is 53.2 Å². The van der Waals surface area contributed by atoms with Gasteiger partial charge in [0.2, 0.25) is 0 Å². The highest BCUT2D eigenvalue weighted by Gasteiger charge is 2.16. The number of anilines is 1. The molecule has 0 saturated heterocycles. The Morgan fingerprint density at radius 1 is 1.00 bits per heavy atom. The number of carbonyl (C=O) groups is 2. The molecular weight excluding hydrogens is 286 g/mol. The van der Waals surface area contributed by atoms with Crippen molar-refractivity contribution in [1.29, 1.82) is 0 Å². The number of benzene rings is 2. The van der Waals surface area contributed by atoms with Crippen molar-refractivity contribution in [2.75, 3.05) is 5.32 Å². The van der Waals surface area contributed by atoms with E-state index in [4.69, 9.17) is 0 Å². The molecule has 1 aromatic heterocycles. The predicted molar refractivity (Wildman–Crippen MR) is 83.2 cm³/mol. The number of rotatable bonds is 3. The van der Waals surface area contributed by atoms with Crippen LogP contribution < -0.4 is 5.32 Å². The first-order chi connectivity index (χ1) is 10.2. The minimum atomic E-state index is -1.05. The molecule has 104 valence electrons. The minimum Gasteiger partial charge on any atom is -0.478 e. The summed E-state index contributed by atoms with van der Waals surface area (Å²) in [7, 11) is 0. The molecule has 2 N–H and O–H groups in total. The minimum absolute atomic E-state index is 0.128. The zero-order chi connectivity index (χ0) is 14.8. The normalized spacial score (nSPS) is 10.5. The van der Waals surface area contributed by atoms with Gasteiger partial charge >= 0.3 is 5.97 Å². The summed E-state index contributed by atoms with van der Waals surface area (Å²) in [4.78, 5) is 23.8. The summed E-state index contributed by atoms with van der Waals surface area (Å²) >= 11 is 1.48. The molecular formula is C16H11NO3S. The van der Waals surface area contributed by atoms with E-state index in [1.807, 2.05) is 10.8 Å². The second-order valence-electron chi connectivity index (χ2n) is 4.48. The highest BCUT2D eigenvalue weighted by atomic mass is 32.1. The summed E-state index contributed by atoms with van der Waals surface area (Å²) in [6.45, 7) is 0. The lowest BCUT2D eigenvalue weighted by Gasteiger charge is -2.09. The first kappa shape index (κ1) is 13.3. The van der Waals surface area contributed by atoms with E-state index >= 15 is 0 Å². The molecule has 0 saturated carbocycles. The van der Waals surface area contributed by atoms with Gasteiger partial charge < -0.3 is 10.4 Å². The lowest BCUT2D eigenvalue weighted by Crippen LogP contribution is -2.13. The first-order valence-corrected chi connectivity index (χ1v) is 7.19. The van der Waals surface area contributed by atoms with Crippen molar-refractivity contribution in [3.05, 3.63) is 64.4 Å². The Hall–Kier alpha value is -2.66. The average molecular weight is 297 g/mol. The Bertz CT molecular complexity index is 819. The van der Waals surface area contributed by atoms with Gasteiger partial charge in [0.15, 0.2) is 0 Å². The van der Waals surface area contributed by atoms with Gasteiger partial charge in [0, 0.05) is 16.3 Å². The van der Waals surface area contributed by atoms with E-state index in [0.29, 0.717) is 16.6 Å². The quantitative estimate of drug-likeness (QED) is 0.771. The van der Waals surface area contributed by atoms with E-state index in [1.165, 1.54) is 17.4 Å². The number of hydrogen-bond donors (Lipinski definition) is 2. The van der Waals surface area contributed by atoms with Gasteiger partial charge in [0.05, 0.1) is 11.3 Å². The summed E-state index contributed by atoms with van der Waals surface area (Å²) < 4.78 is 0. The van der Waals surface area contributed by atoms with Crippen molar-refractivity contribution in [3.8, 4) is 0 Å². The monoisotopic (exact) mass is 297 g/mol. The molecule has 0 spiro atoms. The summed E-state index contributed by atoms with van der Waals surface area (Å²) in [5.74, 6) is -1.36. The standard InChI is InChI=1S/C16H11NO3S/c18-15(17-11-7-8-21-9-11)12-5-1-3-10-4-2-6-13(14(10)12)16(19)20/h1-9H,(H,17,18)(H,19,20). The van der Waals surface area contributed by atoms with Gasteiger partial charge in [-0.25, -0.2) is 4.79 Å². The van der Waals surface area contributed by atoms with Crippen LogP contribution >= 0.6 is 11.3 Å². The molecule has 0 fully saturated rings. The van der Waals surface area contributed by atoms with Gasteiger partial charge in [0.25, 0.3) is 5.91 Å². The van der Waals surface area contributed by atoms with Crippen molar-refractivity contribution in [2.45, 2.75) is 0 Å². The molecule has 3 aromatic rings. The van der Waals surface area contributed by atoms with E-state index in [2.05, 4.69) is 5.32 Å². The number of hydrogen-bond acceptors (Lipinski definition) is 3. The summed E-state index contributed by atoms with van der Waals surface area (Å²) in [6.07, 6.45) is 0. The smallest absolute Gasteiger partial charge is 0.336 e. The number of carboxylic acids is 1. The molecule has 0 radical (unpaired) electrons. The number of thiophene rings is 1. The third-order valence-corrected chi connectivity index (χ3v) is 3.84. The maximum atomic E-state index is 12.4. The molecule has 3 rings (SSSR count). The summed E-state index contributed by atoms with van der Waals surface area (Å²) in [5.41, 5.74) is 1.19. The van der Waals surface area contributed by atoms with Crippen LogP contribution in [-0.4, -0.2) is 17.0 Å². The number of aromatic carboxylic acids is 1. The van der Waals surface area contributed by atoms with E-state index < -0.39 is 5.97 Å². The molecule has 0 aliphatic carbocycles. The molecule has 1 amide bonds. The fraction of sp³-hybridized carbons (Fsp3) is 0. The first-order valence-electron chi connectivity index (χ1n) is 6.25. The Kier molecular flexibility index (Phi) is 3.41. The zero-order valence-electron chi connectivity index (χ0n) is 10.9. The van der Waals surface area contributed by atoms with Crippen molar-refractivity contribution < 1.29 is 14.7 Å². The van der Waals surface area contributed by atoms with Gasteiger partial charge in [-0.2, -0.15) is 11.3 Å². The zero-order valence-corrected chi connectivity index (χ0v) is 11.7. The largest absolute Gasteiger partial charge is 0.478 e. The lowest BCUT2D eigenvalue weighted by molar-refractivity contribution is 0.0699. The Labute approximate surface area is 124 Å². The fourth-order valence-corrected chi connectivity index (χ4v) is 2.83. The highest BCUT2D eigenvalue weighted by Crippen LogP contribution is 2.24. The van der Waals surface area contributed by atoms with Crippen molar-refractivity contribution >= 4 is 39.7 Å². The average Bonchev–Trinajstić information content (AvgIpc) is 2.98. The Morgan fingerprint density at radius 3 is 2.33 bits per heavy atom. The third kappa shape index (κ3) is 2.51. The number of carboxylic acid groups (broad SMARTS) is 1. The van der Waals surface area contributed by atoms with Crippen molar-refractivity contribution in [1.82, 2.24) is 0 Å². The number of carbonyl (C=O) groups excluding carboxylic acids is 1. The van der Waals surface area contributed by atoms with Crippen LogP contribution in [0, 0.1) is 0 Å². The summed E-state index contributed by atoms with van der Waals surface area (Å²) in [5, 5.41) is 17.0. The van der Waals surface area contributed by atoms with Gasteiger partial charge in [-0.3, -0.25) is 4.79 Å². The van der Waals surface area contributed by atoms with Crippen molar-refractivity contribution in [2.24, 2.45) is 0 Å². The molecule has 0 bridgehead atoms. The molecule has 0 atom stereocenters. The van der Waals surface area contributed by atoms with Gasteiger partial charge in [0.1, 0.15) is 0 Å². The third-order valence-electron chi connectivity index (χ3n) is 3.16. The molecule has 0 aliphatic heterocycles. The lowest BCUT2D eigenvalue weighted by atomic mass is 9.98. The number of nitrogens with one attached hydrogen (secondary N) is 1. The highest BCUT2D eigenvalue weighted by molar-refractivity contribution is 7.08.